The Labute approximate surface area is 148 Å². The van der Waals surface area contributed by atoms with E-state index in [9.17, 15) is 9.18 Å². The molecule has 0 saturated heterocycles. The van der Waals surface area contributed by atoms with Gasteiger partial charge >= 0.3 is 0 Å². The lowest BCUT2D eigenvalue weighted by atomic mass is 10.2. The van der Waals surface area contributed by atoms with Crippen LogP contribution in [-0.2, 0) is 13.1 Å². The van der Waals surface area contributed by atoms with Gasteiger partial charge in [-0.25, -0.2) is 9.07 Å². The van der Waals surface area contributed by atoms with Gasteiger partial charge in [0.25, 0.3) is 5.91 Å². The van der Waals surface area contributed by atoms with E-state index in [4.69, 9.17) is 17.3 Å². The molecule has 3 rings (SSSR count). The molecule has 0 fully saturated rings. The van der Waals surface area contributed by atoms with Crippen molar-refractivity contribution in [2.75, 3.05) is 5.73 Å². The van der Waals surface area contributed by atoms with E-state index >= 15 is 0 Å². The Balaban J connectivity index is 1.66. The van der Waals surface area contributed by atoms with E-state index < -0.39 is 5.91 Å². The van der Waals surface area contributed by atoms with Crippen LogP contribution < -0.4 is 11.1 Å². The Hall–Kier alpha value is -2.93. The monoisotopic (exact) mass is 359 g/mol. The maximum absolute atomic E-state index is 12.9. The third-order valence-corrected chi connectivity index (χ3v) is 3.85. The Morgan fingerprint density at radius 1 is 1.12 bits per heavy atom. The van der Waals surface area contributed by atoms with Gasteiger partial charge in [0.05, 0.1) is 6.54 Å². The molecule has 2 aromatic carbocycles. The molecule has 1 heterocycles. The minimum Gasteiger partial charge on any atom is -0.382 e. The Bertz CT molecular complexity index is 877. The number of nitrogens with two attached hydrogens (primary N) is 1. The maximum Gasteiger partial charge on any atom is 0.275 e. The van der Waals surface area contributed by atoms with Crippen molar-refractivity contribution in [3.05, 3.63) is 76.2 Å². The van der Waals surface area contributed by atoms with Crippen molar-refractivity contribution in [2.45, 2.75) is 13.1 Å². The van der Waals surface area contributed by atoms with Gasteiger partial charge in [0.15, 0.2) is 11.5 Å². The van der Waals surface area contributed by atoms with E-state index in [0.29, 0.717) is 18.1 Å². The van der Waals surface area contributed by atoms with Crippen LogP contribution in [-0.4, -0.2) is 20.9 Å². The van der Waals surface area contributed by atoms with E-state index in [0.717, 1.165) is 11.1 Å². The zero-order valence-electron chi connectivity index (χ0n) is 13.1. The molecule has 0 radical (unpaired) electrons. The van der Waals surface area contributed by atoms with Gasteiger partial charge in [0.1, 0.15) is 5.82 Å². The smallest absolute Gasteiger partial charge is 0.275 e. The summed E-state index contributed by atoms with van der Waals surface area (Å²) in [6.07, 6.45) is 0. The Kier molecular flexibility index (Phi) is 4.95. The van der Waals surface area contributed by atoms with Crippen LogP contribution in [0.4, 0.5) is 10.2 Å². The number of aromatic nitrogens is 3. The second-order valence-electron chi connectivity index (χ2n) is 5.42. The Morgan fingerprint density at radius 2 is 1.76 bits per heavy atom. The summed E-state index contributed by atoms with van der Waals surface area (Å²) in [6.45, 7) is 0.615. The minimum atomic E-state index is -0.419. The summed E-state index contributed by atoms with van der Waals surface area (Å²) < 4.78 is 14.3. The maximum atomic E-state index is 12.9. The summed E-state index contributed by atoms with van der Waals surface area (Å²) in [7, 11) is 0. The van der Waals surface area contributed by atoms with Gasteiger partial charge in [-0.1, -0.05) is 41.1 Å². The molecule has 8 heteroatoms. The number of rotatable bonds is 5. The predicted molar refractivity (Wildman–Crippen MR) is 92.6 cm³/mol. The molecule has 0 aliphatic heterocycles. The fourth-order valence-electron chi connectivity index (χ4n) is 2.23. The number of nitrogen functional groups attached to an aromatic ring is 1. The normalized spacial score (nSPS) is 10.6. The summed E-state index contributed by atoms with van der Waals surface area (Å²) in [5.74, 6) is -0.590. The standard InChI is InChI=1S/C17H15ClFN5O/c18-13-5-1-11(2-6-13)9-21-17(25)15-16(20)24(23-22-15)10-12-3-7-14(19)8-4-12/h1-8H,9-10,20H2,(H,21,25). The molecule has 3 aromatic rings. The summed E-state index contributed by atoms with van der Waals surface area (Å²) in [4.78, 5) is 12.2. The number of hydrogen-bond donors (Lipinski definition) is 2. The average molecular weight is 360 g/mol. The molecular formula is C17H15ClFN5O. The molecular weight excluding hydrogens is 345 g/mol. The lowest BCUT2D eigenvalue weighted by Gasteiger charge is -2.05. The second-order valence-corrected chi connectivity index (χ2v) is 5.85. The van der Waals surface area contributed by atoms with Crippen LogP contribution in [0.25, 0.3) is 0 Å². The van der Waals surface area contributed by atoms with E-state index in [1.165, 1.54) is 16.8 Å². The van der Waals surface area contributed by atoms with Gasteiger partial charge in [-0.15, -0.1) is 5.10 Å². The molecule has 0 saturated carbocycles. The Morgan fingerprint density at radius 3 is 2.44 bits per heavy atom. The second kappa shape index (κ2) is 7.31. The number of benzene rings is 2. The minimum absolute atomic E-state index is 0.0519. The van der Waals surface area contributed by atoms with Crippen molar-refractivity contribution < 1.29 is 9.18 Å². The van der Waals surface area contributed by atoms with E-state index in [-0.39, 0.29) is 17.3 Å². The van der Waals surface area contributed by atoms with Crippen LogP contribution in [0.5, 0.6) is 0 Å². The third-order valence-electron chi connectivity index (χ3n) is 3.60. The summed E-state index contributed by atoms with van der Waals surface area (Å²) in [5, 5.41) is 11.1. The van der Waals surface area contributed by atoms with Gasteiger partial charge in [-0.3, -0.25) is 4.79 Å². The fraction of sp³-hybridized carbons (Fsp3) is 0.118. The molecule has 1 amide bonds. The molecule has 128 valence electrons. The van der Waals surface area contributed by atoms with Crippen LogP contribution in [0.2, 0.25) is 5.02 Å². The molecule has 0 atom stereocenters. The van der Waals surface area contributed by atoms with Gasteiger partial charge in [0, 0.05) is 11.6 Å². The topological polar surface area (TPSA) is 85.8 Å². The van der Waals surface area contributed by atoms with Crippen LogP contribution in [0.15, 0.2) is 48.5 Å². The van der Waals surface area contributed by atoms with Crippen LogP contribution in [0.3, 0.4) is 0 Å². The van der Waals surface area contributed by atoms with Crippen molar-refractivity contribution in [1.29, 1.82) is 0 Å². The number of carbonyl (C=O) groups excluding carboxylic acids is 1. The number of anilines is 1. The number of amides is 1. The number of halogens is 2. The lowest BCUT2D eigenvalue weighted by Crippen LogP contribution is -2.24. The van der Waals surface area contributed by atoms with E-state index in [1.807, 2.05) is 12.1 Å². The average Bonchev–Trinajstić information content (AvgIpc) is 2.97. The van der Waals surface area contributed by atoms with Crippen LogP contribution in [0, 0.1) is 5.82 Å². The fourth-order valence-corrected chi connectivity index (χ4v) is 2.36. The number of carbonyl (C=O) groups is 1. The summed E-state index contributed by atoms with van der Waals surface area (Å²) in [6, 6.07) is 13.1. The zero-order valence-corrected chi connectivity index (χ0v) is 13.9. The largest absolute Gasteiger partial charge is 0.382 e. The summed E-state index contributed by atoms with van der Waals surface area (Å²) in [5.41, 5.74) is 7.70. The van der Waals surface area contributed by atoms with E-state index in [1.54, 1.807) is 24.3 Å². The van der Waals surface area contributed by atoms with Gasteiger partial charge in [-0.05, 0) is 35.4 Å². The van der Waals surface area contributed by atoms with Crippen molar-refractivity contribution in [2.24, 2.45) is 0 Å². The number of hydrogen-bond acceptors (Lipinski definition) is 4. The molecule has 6 nitrogen and oxygen atoms in total. The first-order valence-corrected chi connectivity index (χ1v) is 7.87. The molecule has 0 bridgehead atoms. The van der Waals surface area contributed by atoms with Crippen molar-refractivity contribution in [3.63, 3.8) is 0 Å². The first-order valence-electron chi connectivity index (χ1n) is 7.49. The SMILES string of the molecule is Nc1c(C(=O)NCc2ccc(Cl)cc2)nnn1Cc1ccc(F)cc1. The van der Waals surface area contributed by atoms with Gasteiger partial charge in [0.2, 0.25) is 0 Å². The van der Waals surface area contributed by atoms with Crippen molar-refractivity contribution >= 4 is 23.3 Å². The highest BCUT2D eigenvalue weighted by Gasteiger charge is 2.17. The first-order chi connectivity index (χ1) is 12.0. The number of nitrogens with one attached hydrogen (secondary N) is 1. The summed E-state index contributed by atoms with van der Waals surface area (Å²) >= 11 is 5.82. The lowest BCUT2D eigenvalue weighted by molar-refractivity contribution is 0.0946. The highest BCUT2D eigenvalue weighted by Crippen LogP contribution is 2.13. The molecule has 25 heavy (non-hydrogen) atoms. The highest BCUT2D eigenvalue weighted by atomic mass is 35.5. The zero-order chi connectivity index (χ0) is 17.8. The van der Waals surface area contributed by atoms with Crippen molar-refractivity contribution in [3.8, 4) is 0 Å². The molecule has 0 spiro atoms. The van der Waals surface area contributed by atoms with Crippen LogP contribution >= 0.6 is 11.6 Å². The van der Waals surface area contributed by atoms with Crippen LogP contribution in [0.1, 0.15) is 21.6 Å². The highest BCUT2D eigenvalue weighted by molar-refractivity contribution is 6.30. The molecule has 0 unspecified atom stereocenters. The molecule has 0 aliphatic rings. The van der Waals surface area contributed by atoms with Gasteiger partial charge < -0.3 is 11.1 Å². The molecule has 1 aromatic heterocycles. The van der Waals surface area contributed by atoms with Gasteiger partial charge in [-0.2, -0.15) is 0 Å². The first kappa shape index (κ1) is 16.9. The van der Waals surface area contributed by atoms with Crippen molar-refractivity contribution in [1.82, 2.24) is 20.3 Å². The quantitative estimate of drug-likeness (QED) is 0.733. The predicted octanol–water partition coefficient (Wildman–Crippen LogP) is 2.63. The molecule has 0 aliphatic carbocycles. The number of nitrogens with zero attached hydrogens (tertiary/aromatic N) is 3. The molecule has 3 N–H and O–H groups in total. The van der Waals surface area contributed by atoms with E-state index in [2.05, 4.69) is 15.6 Å². The third kappa shape index (κ3) is 4.13.